The van der Waals surface area contributed by atoms with Gasteiger partial charge in [-0.3, -0.25) is 4.68 Å². The summed E-state index contributed by atoms with van der Waals surface area (Å²) in [6, 6.07) is 6.93. The second-order valence-corrected chi connectivity index (χ2v) is 5.76. The van der Waals surface area contributed by atoms with Crippen LogP contribution in [-0.4, -0.2) is 35.4 Å². The molecule has 1 aromatic carbocycles. The Morgan fingerprint density at radius 2 is 2.12 bits per heavy atom. The highest BCUT2D eigenvalue weighted by molar-refractivity contribution is 7.79. The van der Waals surface area contributed by atoms with Crippen LogP contribution in [0.2, 0.25) is 0 Å². The van der Waals surface area contributed by atoms with E-state index >= 15 is 0 Å². The normalized spacial score (nSPS) is 16.6. The molecule has 1 unspecified atom stereocenters. The lowest BCUT2D eigenvalue weighted by molar-refractivity contribution is 0.289. The van der Waals surface area contributed by atoms with E-state index in [1.54, 1.807) is 23.2 Å². The molecule has 1 atom stereocenters. The molecular formula is C18H17BFN3OS. The van der Waals surface area contributed by atoms with E-state index in [4.69, 9.17) is 12.4 Å². The number of rotatable bonds is 0. The number of hydrogen-bond acceptors (Lipinski definition) is 4. The summed E-state index contributed by atoms with van der Waals surface area (Å²) in [5, 5.41) is 5.31. The predicted octanol–water partition coefficient (Wildman–Crippen LogP) is 3.17. The highest BCUT2D eigenvalue weighted by Gasteiger charge is 2.20. The number of thiol groups is 1. The fraction of sp³-hybridized carbons (Fsp3) is 0.278. The lowest BCUT2D eigenvalue weighted by Crippen LogP contribution is -2.34. The van der Waals surface area contributed by atoms with Crippen LogP contribution in [0.15, 0.2) is 34.9 Å². The summed E-state index contributed by atoms with van der Waals surface area (Å²) in [6.07, 6.45) is 3.22. The molecule has 0 saturated carbocycles. The van der Waals surface area contributed by atoms with Crippen molar-refractivity contribution < 1.29 is 8.81 Å². The first kappa shape index (κ1) is 17.7. The zero-order valence-electron chi connectivity index (χ0n) is 14.0. The van der Waals surface area contributed by atoms with Crippen LogP contribution in [0, 0.1) is 17.7 Å². The number of furan rings is 1. The largest absolute Gasteiger partial charge is 0.463 e. The minimum absolute atomic E-state index is 0.185. The van der Waals surface area contributed by atoms with Crippen LogP contribution in [-0.2, 0) is 6.54 Å². The Morgan fingerprint density at radius 3 is 2.92 bits per heavy atom. The van der Waals surface area contributed by atoms with E-state index in [1.807, 2.05) is 10.7 Å². The molecule has 1 aliphatic heterocycles. The van der Waals surface area contributed by atoms with Gasteiger partial charge in [-0.05, 0) is 43.4 Å². The Labute approximate surface area is 152 Å². The van der Waals surface area contributed by atoms with Crippen LogP contribution in [0.5, 0.6) is 0 Å². The number of nitrogens with zero attached hydrogens (tertiary/aromatic N) is 3. The quantitative estimate of drug-likeness (QED) is 0.383. The molecule has 0 saturated heterocycles. The van der Waals surface area contributed by atoms with E-state index < -0.39 is 5.82 Å². The second-order valence-electron chi connectivity index (χ2n) is 5.76. The Balaban J connectivity index is 0.000000880. The molecule has 0 fully saturated rings. The molecule has 3 heterocycles. The third-order valence-corrected chi connectivity index (χ3v) is 3.98. The molecule has 0 N–H and O–H groups in total. The molecule has 0 amide bonds. The topological polar surface area (TPSA) is 34.2 Å². The third kappa shape index (κ3) is 3.46. The summed E-state index contributed by atoms with van der Waals surface area (Å²) >= 11 is 3.53. The van der Waals surface area contributed by atoms with Crippen molar-refractivity contribution >= 4 is 31.6 Å². The Bertz CT molecular complexity index is 956. The van der Waals surface area contributed by atoms with Crippen LogP contribution in [0.1, 0.15) is 29.9 Å². The molecule has 3 aromatic rings. The first-order chi connectivity index (χ1) is 12.1. The second kappa shape index (κ2) is 7.38. The number of fused-ring (bicyclic) bond motifs is 2. The van der Waals surface area contributed by atoms with E-state index in [0.29, 0.717) is 17.8 Å². The molecule has 0 aliphatic carbocycles. The Kier molecular flexibility index (Phi) is 5.21. The summed E-state index contributed by atoms with van der Waals surface area (Å²) in [5.74, 6) is 5.39. The molecule has 2 aromatic heterocycles. The number of hydrogen-bond donors (Lipinski definition) is 1. The zero-order chi connectivity index (χ0) is 18.0. The standard InChI is InChI=1S/C17H13BFN3O.CH4S/c1-11-9-21(18)10-14-8-13(20-22(11)14)3-4-15-16(19)5-2-12-6-7-23-17(12)15;1-2/h2,5-8,11H,9-10H2,1H3;2H,1H3. The fourth-order valence-electron chi connectivity index (χ4n) is 2.93. The molecule has 0 spiro atoms. The van der Waals surface area contributed by atoms with Crippen LogP contribution in [0.3, 0.4) is 0 Å². The Hall–Kier alpha value is -2.17. The predicted molar refractivity (Wildman–Crippen MR) is 100 cm³/mol. The van der Waals surface area contributed by atoms with E-state index in [2.05, 4.69) is 36.5 Å². The molecule has 4 nitrogen and oxygen atoms in total. The van der Waals surface area contributed by atoms with Gasteiger partial charge in [-0.15, -0.1) is 0 Å². The minimum atomic E-state index is -0.398. The molecule has 0 bridgehead atoms. The van der Waals surface area contributed by atoms with Gasteiger partial charge in [-0.1, -0.05) is 5.92 Å². The third-order valence-electron chi connectivity index (χ3n) is 3.98. The van der Waals surface area contributed by atoms with Crippen molar-refractivity contribution in [3.8, 4) is 11.8 Å². The van der Waals surface area contributed by atoms with Gasteiger partial charge >= 0.3 is 0 Å². The van der Waals surface area contributed by atoms with Crippen molar-refractivity contribution in [2.45, 2.75) is 19.5 Å². The van der Waals surface area contributed by atoms with Gasteiger partial charge in [-0.2, -0.15) is 17.7 Å². The maximum atomic E-state index is 14.0. The number of benzene rings is 1. The lowest BCUT2D eigenvalue weighted by Gasteiger charge is -2.29. The molecule has 7 heteroatoms. The van der Waals surface area contributed by atoms with E-state index in [9.17, 15) is 4.39 Å². The number of aromatic nitrogens is 2. The molecule has 4 rings (SSSR count). The minimum Gasteiger partial charge on any atom is -0.463 e. The van der Waals surface area contributed by atoms with E-state index in [1.165, 1.54) is 12.3 Å². The maximum absolute atomic E-state index is 14.0. The van der Waals surface area contributed by atoms with Gasteiger partial charge in [0.1, 0.15) is 17.1 Å². The van der Waals surface area contributed by atoms with Crippen molar-refractivity contribution in [2.24, 2.45) is 0 Å². The molecular weight excluding hydrogens is 336 g/mol. The van der Waals surface area contributed by atoms with Crippen molar-refractivity contribution in [3.63, 3.8) is 0 Å². The molecule has 25 heavy (non-hydrogen) atoms. The summed E-state index contributed by atoms with van der Waals surface area (Å²) in [7, 11) is 5.88. The van der Waals surface area contributed by atoms with Crippen molar-refractivity contribution in [3.05, 3.63) is 53.3 Å². The van der Waals surface area contributed by atoms with Gasteiger partial charge in [0.25, 0.3) is 0 Å². The first-order valence-electron chi connectivity index (χ1n) is 7.82. The highest BCUT2D eigenvalue weighted by atomic mass is 32.1. The smallest absolute Gasteiger partial charge is 0.183 e. The van der Waals surface area contributed by atoms with Gasteiger partial charge in [0.05, 0.1) is 18.0 Å². The van der Waals surface area contributed by atoms with Crippen LogP contribution < -0.4 is 0 Å². The van der Waals surface area contributed by atoms with Gasteiger partial charge in [-0.25, -0.2) is 4.39 Å². The highest BCUT2D eigenvalue weighted by Crippen LogP contribution is 2.23. The monoisotopic (exact) mass is 353 g/mol. The van der Waals surface area contributed by atoms with Gasteiger partial charge < -0.3 is 9.23 Å². The molecule has 1 aliphatic rings. The average molecular weight is 353 g/mol. The van der Waals surface area contributed by atoms with Crippen molar-refractivity contribution in [2.75, 3.05) is 12.8 Å². The fourth-order valence-corrected chi connectivity index (χ4v) is 2.93. The van der Waals surface area contributed by atoms with Gasteiger partial charge in [0.15, 0.2) is 13.6 Å². The van der Waals surface area contributed by atoms with Gasteiger partial charge in [0.2, 0.25) is 0 Å². The summed E-state index contributed by atoms with van der Waals surface area (Å²) in [6.45, 7) is 3.42. The van der Waals surface area contributed by atoms with E-state index in [-0.39, 0.29) is 11.6 Å². The SMILES string of the molecule is CS.[B]N1Cc2cc(C#Cc3c(F)ccc4ccoc34)nn2C(C)C1. The van der Waals surface area contributed by atoms with Crippen LogP contribution >= 0.6 is 12.6 Å². The van der Waals surface area contributed by atoms with Crippen molar-refractivity contribution in [1.29, 1.82) is 0 Å². The average Bonchev–Trinajstić information content (AvgIpc) is 3.22. The first-order valence-corrected chi connectivity index (χ1v) is 8.72. The number of halogens is 1. The zero-order valence-corrected chi connectivity index (χ0v) is 14.9. The van der Waals surface area contributed by atoms with Crippen molar-refractivity contribution in [1.82, 2.24) is 14.6 Å². The molecule has 2 radical (unpaired) electrons. The maximum Gasteiger partial charge on any atom is 0.183 e. The van der Waals surface area contributed by atoms with Crippen LogP contribution in [0.25, 0.3) is 11.0 Å². The summed E-state index contributed by atoms with van der Waals surface area (Å²) in [4.78, 5) is 1.75. The van der Waals surface area contributed by atoms with E-state index in [0.717, 1.165) is 17.6 Å². The lowest BCUT2D eigenvalue weighted by atomic mass is 10.1. The van der Waals surface area contributed by atoms with Crippen LogP contribution in [0.4, 0.5) is 4.39 Å². The molecule has 126 valence electrons. The summed E-state index contributed by atoms with van der Waals surface area (Å²) < 4.78 is 21.3. The summed E-state index contributed by atoms with van der Waals surface area (Å²) in [5.41, 5.74) is 2.33. The Morgan fingerprint density at radius 1 is 1.32 bits per heavy atom. The van der Waals surface area contributed by atoms with Gasteiger partial charge in [0, 0.05) is 18.5 Å².